The lowest BCUT2D eigenvalue weighted by atomic mass is 10.1. The molecule has 1 amide bonds. The number of nitrogens with one attached hydrogen (secondary N) is 1. The van der Waals surface area contributed by atoms with Crippen molar-refractivity contribution in [2.24, 2.45) is 0 Å². The van der Waals surface area contributed by atoms with Gasteiger partial charge in [0.25, 0.3) is 0 Å². The molecule has 0 unspecified atom stereocenters. The number of rotatable bonds is 8. The summed E-state index contributed by atoms with van der Waals surface area (Å²) in [7, 11) is 0. The van der Waals surface area contributed by atoms with Gasteiger partial charge >= 0.3 is 6.18 Å². The molecule has 0 aliphatic heterocycles. The maximum Gasteiger partial charge on any atom is 0.411 e. The standard InChI is InChI=1S/C16H22F3NO3/c1-11-4-5-12(2)14(8-11)23-7-6-15(21)20-13(3)9-22-10-16(17,18)19/h4-5,8,13H,6-7,9-10H2,1-3H3,(H,20,21)/t13-/m0/s1. The van der Waals surface area contributed by atoms with Gasteiger partial charge < -0.3 is 14.8 Å². The van der Waals surface area contributed by atoms with Gasteiger partial charge in [0.05, 0.1) is 19.6 Å². The Hall–Kier alpha value is -1.76. The molecule has 1 aromatic carbocycles. The van der Waals surface area contributed by atoms with E-state index in [1.165, 1.54) is 0 Å². The normalized spacial score (nSPS) is 12.8. The lowest BCUT2D eigenvalue weighted by molar-refractivity contribution is -0.175. The Morgan fingerprint density at radius 3 is 2.65 bits per heavy atom. The van der Waals surface area contributed by atoms with Gasteiger partial charge in [-0.2, -0.15) is 13.2 Å². The quantitative estimate of drug-likeness (QED) is 0.795. The Labute approximate surface area is 134 Å². The molecular formula is C16H22F3NO3. The van der Waals surface area contributed by atoms with Gasteiger partial charge in [0.1, 0.15) is 12.4 Å². The number of carbonyl (C=O) groups excluding carboxylic acids is 1. The lowest BCUT2D eigenvalue weighted by Gasteiger charge is -2.15. The van der Waals surface area contributed by atoms with Gasteiger partial charge in [-0.25, -0.2) is 0 Å². The van der Waals surface area contributed by atoms with E-state index in [1.54, 1.807) is 6.92 Å². The minimum Gasteiger partial charge on any atom is -0.493 e. The van der Waals surface area contributed by atoms with Gasteiger partial charge in [0.2, 0.25) is 5.91 Å². The Morgan fingerprint density at radius 1 is 1.30 bits per heavy atom. The molecule has 0 saturated carbocycles. The molecule has 0 spiro atoms. The van der Waals surface area contributed by atoms with E-state index in [0.29, 0.717) is 0 Å². The van der Waals surface area contributed by atoms with E-state index in [0.717, 1.165) is 16.9 Å². The van der Waals surface area contributed by atoms with Crippen molar-refractivity contribution >= 4 is 5.91 Å². The van der Waals surface area contributed by atoms with Crippen molar-refractivity contribution < 1.29 is 27.4 Å². The predicted octanol–water partition coefficient (Wildman–Crippen LogP) is 3.16. The average Bonchev–Trinajstić information content (AvgIpc) is 2.41. The second-order valence-corrected chi connectivity index (χ2v) is 5.47. The molecule has 1 rings (SSSR count). The zero-order valence-electron chi connectivity index (χ0n) is 13.5. The van der Waals surface area contributed by atoms with Crippen molar-refractivity contribution in [1.82, 2.24) is 5.32 Å². The van der Waals surface area contributed by atoms with Crippen LogP contribution in [0.5, 0.6) is 5.75 Å². The van der Waals surface area contributed by atoms with Crippen molar-refractivity contribution in [1.29, 1.82) is 0 Å². The van der Waals surface area contributed by atoms with Gasteiger partial charge in [0.15, 0.2) is 0 Å². The summed E-state index contributed by atoms with van der Waals surface area (Å²) in [6.07, 6.45) is -4.24. The number of halogens is 3. The highest BCUT2D eigenvalue weighted by molar-refractivity contribution is 5.76. The minimum absolute atomic E-state index is 0.122. The highest BCUT2D eigenvalue weighted by Gasteiger charge is 2.27. The fourth-order valence-electron chi connectivity index (χ4n) is 1.86. The van der Waals surface area contributed by atoms with Crippen molar-refractivity contribution in [3.8, 4) is 5.75 Å². The first kappa shape index (κ1) is 19.3. The molecule has 0 aliphatic carbocycles. The van der Waals surface area contributed by atoms with E-state index in [9.17, 15) is 18.0 Å². The van der Waals surface area contributed by atoms with Crippen LogP contribution in [0, 0.1) is 13.8 Å². The second-order valence-electron chi connectivity index (χ2n) is 5.47. The number of hydrogen-bond donors (Lipinski definition) is 1. The van der Waals surface area contributed by atoms with Crippen molar-refractivity contribution in [3.63, 3.8) is 0 Å². The van der Waals surface area contributed by atoms with Crippen LogP contribution >= 0.6 is 0 Å². The number of ether oxygens (including phenoxy) is 2. The molecule has 0 aliphatic rings. The highest BCUT2D eigenvalue weighted by Crippen LogP contribution is 2.19. The molecule has 4 nitrogen and oxygen atoms in total. The number of carbonyl (C=O) groups is 1. The maximum atomic E-state index is 11.9. The third kappa shape index (κ3) is 8.44. The predicted molar refractivity (Wildman–Crippen MR) is 80.5 cm³/mol. The number of hydrogen-bond acceptors (Lipinski definition) is 3. The lowest BCUT2D eigenvalue weighted by Crippen LogP contribution is -2.37. The average molecular weight is 333 g/mol. The van der Waals surface area contributed by atoms with Crippen molar-refractivity contribution in [2.75, 3.05) is 19.8 Å². The van der Waals surface area contributed by atoms with Gasteiger partial charge in [-0.05, 0) is 38.0 Å². The van der Waals surface area contributed by atoms with Gasteiger partial charge in [0, 0.05) is 6.04 Å². The third-order valence-corrected chi connectivity index (χ3v) is 2.97. The van der Waals surface area contributed by atoms with E-state index >= 15 is 0 Å². The molecule has 23 heavy (non-hydrogen) atoms. The molecule has 0 radical (unpaired) electrons. The summed E-state index contributed by atoms with van der Waals surface area (Å²) >= 11 is 0. The van der Waals surface area contributed by atoms with Crippen LogP contribution < -0.4 is 10.1 Å². The van der Waals surface area contributed by atoms with E-state index in [4.69, 9.17) is 4.74 Å². The first-order valence-electron chi connectivity index (χ1n) is 7.31. The van der Waals surface area contributed by atoms with Crippen LogP contribution in [0.15, 0.2) is 18.2 Å². The minimum atomic E-state index is -4.36. The number of aryl methyl sites for hydroxylation is 2. The summed E-state index contributed by atoms with van der Waals surface area (Å²) in [6.45, 7) is 4.13. The van der Waals surface area contributed by atoms with Crippen LogP contribution in [-0.4, -0.2) is 37.9 Å². The summed E-state index contributed by atoms with van der Waals surface area (Å²) in [6, 6.07) is 5.30. The fraction of sp³-hybridized carbons (Fsp3) is 0.562. The molecule has 1 aromatic rings. The fourth-order valence-corrected chi connectivity index (χ4v) is 1.86. The summed E-state index contributed by atoms with van der Waals surface area (Å²) in [5, 5.41) is 2.57. The topological polar surface area (TPSA) is 47.6 Å². The number of alkyl halides is 3. The summed E-state index contributed by atoms with van der Waals surface area (Å²) < 4.78 is 45.8. The number of amides is 1. The molecule has 0 bridgehead atoms. The Kier molecular flexibility index (Phi) is 7.35. The molecule has 7 heteroatoms. The maximum absolute atomic E-state index is 11.9. The Balaban J connectivity index is 2.25. The molecule has 0 saturated heterocycles. The Morgan fingerprint density at radius 2 is 2.00 bits per heavy atom. The largest absolute Gasteiger partial charge is 0.493 e. The van der Waals surface area contributed by atoms with Crippen LogP contribution in [0.25, 0.3) is 0 Å². The summed E-state index contributed by atoms with van der Waals surface area (Å²) in [5.74, 6) is 0.428. The summed E-state index contributed by atoms with van der Waals surface area (Å²) in [4.78, 5) is 11.7. The Bertz CT molecular complexity index is 518. The SMILES string of the molecule is Cc1ccc(C)c(OCCC(=O)N[C@@H](C)COCC(F)(F)F)c1. The molecule has 1 atom stereocenters. The zero-order valence-corrected chi connectivity index (χ0v) is 13.5. The zero-order chi connectivity index (χ0) is 17.5. The van der Waals surface area contributed by atoms with E-state index in [2.05, 4.69) is 10.1 Å². The van der Waals surface area contributed by atoms with Crippen LogP contribution in [-0.2, 0) is 9.53 Å². The van der Waals surface area contributed by atoms with Gasteiger partial charge in [-0.1, -0.05) is 12.1 Å². The van der Waals surface area contributed by atoms with Crippen LogP contribution in [0.1, 0.15) is 24.5 Å². The van der Waals surface area contributed by atoms with Crippen molar-refractivity contribution in [2.45, 2.75) is 39.4 Å². The first-order chi connectivity index (χ1) is 10.7. The second kappa shape index (κ2) is 8.76. The monoisotopic (exact) mass is 333 g/mol. The van der Waals surface area contributed by atoms with E-state index < -0.39 is 18.8 Å². The van der Waals surface area contributed by atoms with Gasteiger partial charge in [-0.3, -0.25) is 4.79 Å². The van der Waals surface area contributed by atoms with Gasteiger partial charge in [-0.15, -0.1) is 0 Å². The van der Waals surface area contributed by atoms with Crippen molar-refractivity contribution in [3.05, 3.63) is 29.3 Å². The molecular weight excluding hydrogens is 311 g/mol. The van der Waals surface area contributed by atoms with Crippen LogP contribution in [0.4, 0.5) is 13.2 Å². The van der Waals surface area contributed by atoms with E-state index in [1.807, 2.05) is 32.0 Å². The molecule has 0 fully saturated rings. The third-order valence-electron chi connectivity index (χ3n) is 2.97. The van der Waals surface area contributed by atoms with Crippen LogP contribution in [0.3, 0.4) is 0 Å². The number of benzene rings is 1. The smallest absolute Gasteiger partial charge is 0.411 e. The van der Waals surface area contributed by atoms with Crippen LogP contribution in [0.2, 0.25) is 0 Å². The van der Waals surface area contributed by atoms with E-state index in [-0.39, 0.29) is 25.5 Å². The molecule has 130 valence electrons. The summed E-state index contributed by atoms with van der Waals surface area (Å²) in [5.41, 5.74) is 2.04. The molecule has 0 heterocycles. The molecule has 1 N–H and O–H groups in total. The molecule has 0 aromatic heterocycles. The first-order valence-corrected chi connectivity index (χ1v) is 7.31. The highest BCUT2D eigenvalue weighted by atomic mass is 19.4.